The molecule has 130 valence electrons. The minimum atomic E-state index is -0.752. The highest BCUT2D eigenvalue weighted by Gasteiger charge is 2.93. The van der Waals surface area contributed by atoms with Crippen molar-refractivity contribution in [3.05, 3.63) is 12.2 Å². The Kier molecular flexibility index (Phi) is 1.88. The van der Waals surface area contributed by atoms with Gasteiger partial charge in [0.25, 0.3) is 0 Å². The maximum absolute atomic E-state index is 11.9. The van der Waals surface area contributed by atoms with E-state index >= 15 is 0 Å². The summed E-state index contributed by atoms with van der Waals surface area (Å²) in [4.78, 5) is 2.45. The standard InChI is InChI=1S/C20H27NO3/c1-9-10-6-11-14-18-5-3-4-17(2)8-21(14)20(24,16(17)18)7-19(11,15(9)23)13(18)12(10)22/h10-16,22-24H,1,3-8H2,2H3/t10-,11-,12+,13+,14-,15-,16-,17+,18+,19+,20-/m1/s1. The fourth-order valence-electron chi connectivity index (χ4n) is 10.6. The number of aliphatic hydroxyl groups is 3. The normalized spacial score (nSPS) is 76.1. The lowest BCUT2D eigenvalue weighted by molar-refractivity contribution is -0.272. The molecular formula is C20H27NO3. The number of aliphatic hydroxyl groups excluding tert-OH is 2. The van der Waals surface area contributed by atoms with E-state index < -0.39 is 11.8 Å². The van der Waals surface area contributed by atoms with Crippen LogP contribution < -0.4 is 0 Å². The van der Waals surface area contributed by atoms with Gasteiger partial charge in [-0.05, 0) is 48.0 Å². The topological polar surface area (TPSA) is 63.9 Å². The lowest BCUT2D eigenvalue weighted by Gasteiger charge is -2.67. The quantitative estimate of drug-likeness (QED) is 0.583. The van der Waals surface area contributed by atoms with Crippen LogP contribution in [-0.4, -0.2) is 50.7 Å². The van der Waals surface area contributed by atoms with Crippen LogP contribution in [-0.2, 0) is 0 Å². The van der Waals surface area contributed by atoms with Crippen LogP contribution in [0.5, 0.6) is 0 Å². The Morgan fingerprint density at radius 2 is 2.00 bits per heavy atom. The predicted octanol–water partition coefficient (Wildman–Crippen LogP) is 1.11. The van der Waals surface area contributed by atoms with E-state index in [2.05, 4.69) is 18.4 Å². The molecule has 9 rings (SSSR count). The zero-order chi connectivity index (χ0) is 16.4. The van der Waals surface area contributed by atoms with E-state index in [1.165, 1.54) is 12.8 Å². The molecule has 4 nitrogen and oxygen atoms in total. The predicted molar refractivity (Wildman–Crippen MR) is 86.6 cm³/mol. The third kappa shape index (κ3) is 0.903. The molecule has 24 heavy (non-hydrogen) atoms. The molecule has 9 fully saturated rings. The monoisotopic (exact) mass is 329 g/mol. The van der Waals surface area contributed by atoms with Crippen LogP contribution in [0.25, 0.3) is 0 Å². The average molecular weight is 329 g/mol. The Bertz CT molecular complexity index is 724. The average Bonchev–Trinajstić information content (AvgIpc) is 2.88. The van der Waals surface area contributed by atoms with Gasteiger partial charge in [0.2, 0.25) is 0 Å². The van der Waals surface area contributed by atoms with Gasteiger partial charge in [-0.1, -0.05) is 19.9 Å². The molecule has 9 aliphatic rings. The van der Waals surface area contributed by atoms with Gasteiger partial charge in [0.15, 0.2) is 0 Å². The van der Waals surface area contributed by atoms with E-state index in [-0.39, 0.29) is 40.1 Å². The van der Waals surface area contributed by atoms with Gasteiger partial charge in [0.05, 0.1) is 12.2 Å². The van der Waals surface area contributed by atoms with Crippen LogP contribution in [0.2, 0.25) is 0 Å². The van der Waals surface area contributed by atoms with Crippen LogP contribution >= 0.6 is 0 Å². The minimum absolute atomic E-state index is 0.0266. The fourth-order valence-corrected chi connectivity index (χ4v) is 10.6. The van der Waals surface area contributed by atoms with Crippen LogP contribution in [0.1, 0.15) is 39.0 Å². The smallest absolute Gasteiger partial charge is 0.123 e. The van der Waals surface area contributed by atoms with Gasteiger partial charge in [-0.25, -0.2) is 0 Å². The van der Waals surface area contributed by atoms with Gasteiger partial charge in [0.1, 0.15) is 5.72 Å². The Balaban J connectivity index is 1.57. The van der Waals surface area contributed by atoms with Crippen LogP contribution in [0.3, 0.4) is 0 Å². The first-order valence-corrected chi connectivity index (χ1v) is 9.86. The van der Waals surface area contributed by atoms with Gasteiger partial charge < -0.3 is 15.3 Å². The molecule has 1 unspecified atom stereocenters. The van der Waals surface area contributed by atoms with E-state index in [1.54, 1.807) is 0 Å². The molecule has 3 aliphatic heterocycles. The zero-order valence-electron chi connectivity index (χ0n) is 14.3. The SMILES string of the molecule is C=C1[C@H]2C[C@@H]3[C@H]4N5C[C@]6(C)CCC[C@]47[C@H]([C@H]2O)[C@@]3(C[C@@]5(O)[C@H]67)[C@@H]1O. The maximum Gasteiger partial charge on any atom is 0.123 e. The van der Waals surface area contributed by atoms with Gasteiger partial charge >= 0.3 is 0 Å². The van der Waals surface area contributed by atoms with E-state index in [9.17, 15) is 15.3 Å². The first kappa shape index (κ1) is 13.7. The minimum Gasteiger partial charge on any atom is -0.392 e. The number of nitrogens with zero attached hydrogens (tertiary/aromatic N) is 1. The van der Waals surface area contributed by atoms with E-state index in [4.69, 9.17) is 0 Å². The molecule has 0 aromatic carbocycles. The summed E-state index contributed by atoms with van der Waals surface area (Å²) in [6.07, 6.45) is 4.26. The molecule has 3 heterocycles. The summed E-state index contributed by atoms with van der Waals surface area (Å²) in [5.74, 6) is 0.946. The fraction of sp³-hybridized carbons (Fsp3) is 0.900. The second kappa shape index (κ2) is 3.28. The highest BCUT2D eigenvalue weighted by atomic mass is 16.3. The summed E-state index contributed by atoms with van der Waals surface area (Å²) in [5, 5.41) is 34.4. The molecule has 2 spiro atoms. The molecular weight excluding hydrogens is 302 g/mol. The van der Waals surface area contributed by atoms with E-state index in [0.717, 1.165) is 25.0 Å². The highest BCUT2D eigenvalue weighted by molar-refractivity contribution is 5.45. The molecule has 6 aliphatic carbocycles. The van der Waals surface area contributed by atoms with Gasteiger partial charge in [-0.15, -0.1) is 0 Å². The Labute approximate surface area is 142 Å². The molecule has 0 aromatic heterocycles. The summed E-state index contributed by atoms with van der Waals surface area (Å²) >= 11 is 0. The zero-order valence-corrected chi connectivity index (χ0v) is 14.3. The number of piperidine rings is 2. The third-order valence-corrected chi connectivity index (χ3v) is 10.4. The first-order chi connectivity index (χ1) is 11.3. The Morgan fingerprint density at radius 1 is 1.21 bits per heavy atom. The Morgan fingerprint density at radius 3 is 2.79 bits per heavy atom. The molecule has 0 aromatic rings. The molecule has 9 bridgehead atoms. The maximum atomic E-state index is 11.9. The molecule has 3 saturated heterocycles. The van der Waals surface area contributed by atoms with Gasteiger partial charge in [-0.3, -0.25) is 4.90 Å². The molecule has 6 saturated carbocycles. The summed E-state index contributed by atoms with van der Waals surface area (Å²) in [5.41, 5.74) is -0.0153. The van der Waals surface area contributed by atoms with Crippen molar-refractivity contribution in [1.82, 2.24) is 4.90 Å². The summed E-state index contributed by atoms with van der Waals surface area (Å²) in [7, 11) is 0. The summed E-state index contributed by atoms with van der Waals surface area (Å²) < 4.78 is 0. The second-order valence-corrected chi connectivity index (χ2v) is 10.7. The summed E-state index contributed by atoms with van der Waals surface area (Å²) in [6.45, 7) is 7.56. The van der Waals surface area contributed by atoms with Crippen molar-refractivity contribution in [3.8, 4) is 0 Å². The molecule has 12 atom stereocenters. The van der Waals surface area contributed by atoms with Crippen molar-refractivity contribution >= 4 is 0 Å². The highest BCUT2D eigenvalue weighted by Crippen LogP contribution is 2.88. The number of hydrogen-bond acceptors (Lipinski definition) is 4. The number of rotatable bonds is 0. The van der Waals surface area contributed by atoms with Crippen molar-refractivity contribution in [2.24, 2.45) is 39.9 Å². The van der Waals surface area contributed by atoms with Gasteiger partial charge in [0, 0.05) is 35.8 Å². The van der Waals surface area contributed by atoms with Crippen molar-refractivity contribution in [1.29, 1.82) is 0 Å². The van der Waals surface area contributed by atoms with Crippen molar-refractivity contribution in [2.45, 2.75) is 63.0 Å². The molecule has 0 amide bonds. The second-order valence-electron chi connectivity index (χ2n) is 10.7. The van der Waals surface area contributed by atoms with Crippen molar-refractivity contribution in [3.63, 3.8) is 0 Å². The van der Waals surface area contributed by atoms with Crippen molar-refractivity contribution < 1.29 is 15.3 Å². The largest absolute Gasteiger partial charge is 0.392 e. The van der Waals surface area contributed by atoms with Crippen molar-refractivity contribution in [2.75, 3.05) is 6.54 Å². The lowest BCUT2D eigenvalue weighted by atomic mass is 9.39. The number of hydrogen-bond donors (Lipinski definition) is 3. The molecule has 3 N–H and O–H groups in total. The van der Waals surface area contributed by atoms with E-state index in [0.29, 0.717) is 18.4 Å². The lowest BCUT2D eigenvalue weighted by Crippen LogP contribution is -2.71. The molecule has 4 heteroatoms. The first-order valence-electron chi connectivity index (χ1n) is 9.86. The van der Waals surface area contributed by atoms with Crippen LogP contribution in [0.15, 0.2) is 12.2 Å². The molecule has 0 radical (unpaired) electrons. The van der Waals surface area contributed by atoms with E-state index in [1.807, 2.05) is 0 Å². The van der Waals surface area contributed by atoms with Crippen LogP contribution in [0, 0.1) is 39.9 Å². The van der Waals surface area contributed by atoms with Gasteiger partial charge in [-0.2, -0.15) is 0 Å². The Hall–Kier alpha value is -0.420. The summed E-state index contributed by atoms with van der Waals surface area (Å²) in [6, 6.07) is 0.377. The third-order valence-electron chi connectivity index (χ3n) is 10.4. The van der Waals surface area contributed by atoms with Crippen LogP contribution in [0.4, 0.5) is 0 Å². The number of fused-ring (bicyclic) bond motifs is 1.